The standard InChI is InChI=1S/C15H15NO4/c1-16-9-8-10-6-4-5-7-11(10)13(16)12(14(17)19-2)15(18)20-3/h4-9H,1-3H3. The fourth-order valence-electron chi connectivity index (χ4n) is 2.11. The van der Waals surface area contributed by atoms with Gasteiger partial charge in [0.25, 0.3) is 0 Å². The summed E-state index contributed by atoms with van der Waals surface area (Å²) in [4.78, 5) is 25.6. The van der Waals surface area contributed by atoms with Crippen LogP contribution in [-0.4, -0.2) is 38.1 Å². The number of benzene rings is 1. The van der Waals surface area contributed by atoms with Gasteiger partial charge in [-0.15, -0.1) is 0 Å². The van der Waals surface area contributed by atoms with Crippen LogP contribution in [0.3, 0.4) is 0 Å². The van der Waals surface area contributed by atoms with Gasteiger partial charge < -0.3 is 14.4 Å². The van der Waals surface area contributed by atoms with Crippen molar-refractivity contribution >= 4 is 23.7 Å². The van der Waals surface area contributed by atoms with Crippen molar-refractivity contribution < 1.29 is 19.1 Å². The number of carbonyl (C=O) groups excluding carboxylic acids is 2. The highest BCUT2D eigenvalue weighted by Crippen LogP contribution is 2.31. The largest absolute Gasteiger partial charge is 0.465 e. The van der Waals surface area contributed by atoms with E-state index in [-0.39, 0.29) is 5.57 Å². The molecule has 0 fully saturated rings. The SMILES string of the molecule is COC(=O)C(C(=O)OC)=C1c2ccccc2C=CN1C. The second-order valence-electron chi connectivity index (χ2n) is 4.22. The molecule has 0 saturated heterocycles. The van der Waals surface area contributed by atoms with E-state index in [1.807, 2.05) is 30.3 Å². The van der Waals surface area contributed by atoms with E-state index < -0.39 is 11.9 Å². The van der Waals surface area contributed by atoms with Gasteiger partial charge in [-0.1, -0.05) is 24.3 Å². The Morgan fingerprint density at radius 1 is 1.05 bits per heavy atom. The number of hydrogen-bond donors (Lipinski definition) is 0. The van der Waals surface area contributed by atoms with E-state index in [1.54, 1.807) is 18.1 Å². The molecule has 1 aromatic rings. The van der Waals surface area contributed by atoms with Crippen molar-refractivity contribution in [3.8, 4) is 0 Å². The lowest BCUT2D eigenvalue weighted by Crippen LogP contribution is -2.24. The summed E-state index contributed by atoms with van der Waals surface area (Å²) in [6.07, 6.45) is 3.69. The van der Waals surface area contributed by atoms with Gasteiger partial charge in [-0.05, 0) is 11.6 Å². The Labute approximate surface area is 117 Å². The predicted octanol–water partition coefficient (Wildman–Crippen LogP) is 1.66. The average Bonchev–Trinajstić information content (AvgIpc) is 2.49. The molecule has 1 heterocycles. The molecule has 20 heavy (non-hydrogen) atoms. The minimum atomic E-state index is -0.719. The number of nitrogens with zero attached hydrogens (tertiary/aromatic N) is 1. The molecule has 0 aliphatic carbocycles. The third-order valence-corrected chi connectivity index (χ3v) is 3.06. The summed E-state index contributed by atoms with van der Waals surface area (Å²) in [5.74, 6) is -1.44. The van der Waals surface area contributed by atoms with E-state index in [0.29, 0.717) is 5.70 Å². The van der Waals surface area contributed by atoms with Gasteiger partial charge in [0, 0.05) is 18.8 Å². The van der Waals surface area contributed by atoms with Crippen LogP contribution in [0.25, 0.3) is 11.8 Å². The monoisotopic (exact) mass is 273 g/mol. The van der Waals surface area contributed by atoms with Crippen LogP contribution < -0.4 is 0 Å². The number of hydrogen-bond acceptors (Lipinski definition) is 5. The zero-order valence-electron chi connectivity index (χ0n) is 11.5. The van der Waals surface area contributed by atoms with Gasteiger partial charge in [0.2, 0.25) is 0 Å². The molecule has 0 aromatic heterocycles. The number of rotatable bonds is 2. The maximum atomic E-state index is 11.9. The van der Waals surface area contributed by atoms with E-state index >= 15 is 0 Å². The Hall–Kier alpha value is -2.56. The molecular weight excluding hydrogens is 258 g/mol. The molecule has 0 N–H and O–H groups in total. The Bertz CT molecular complexity index is 598. The molecule has 1 aliphatic rings. The lowest BCUT2D eigenvalue weighted by Gasteiger charge is -2.26. The van der Waals surface area contributed by atoms with E-state index in [4.69, 9.17) is 9.47 Å². The first-order valence-electron chi connectivity index (χ1n) is 6.01. The molecule has 2 rings (SSSR count). The molecule has 0 saturated carbocycles. The van der Waals surface area contributed by atoms with Crippen molar-refractivity contribution in [2.45, 2.75) is 0 Å². The Morgan fingerprint density at radius 3 is 2.25 bits per heavy atom. The zero-order valence-corrected chi connectivity index (χ0v) is 11.5. The van der Waals surface area contributed by atoms with Gasteiger partial charge in [0.1, 0.15) is 0 Å². The van der Waals surface area contributed by atoms with Crippen LogP contribution in [0.5, 0.6) is 0 Å². The molecule has 104 valence electrons. The molecule has 0 atom stereocenters. The fraction of sp³-hybridized carbons (Fsp3) is 0.200. The molecule has 1 aliphatic heterocycles. The summed E-state index contributed by atoms with van der Waals surface area (Å²) >= 11 is 0. The van der Waals surface area contributed by atoms with Gasteiger partial charge in [-0.2, -0.15) is 0 Å². The van der Waals surface area contributed by atoms with Gasteiger partial charge in [0.15, 0.2) is 5.57 Å². The summed E-state index contributed by atoms with van der Waals surface area (Å²) in [6.45, 7) is 0. The van der Waals surface area contributed by atoms with Gasteiger partial charge in [-0.3, -0.25) is 0 Å². The fourth-order valence-corrected chi connectivity index (χ4v) is 2.11. The second-order valence-corrected chi connectivity index (χ2v) is 4.22. The lowest BCUT2D eigenvalue weighted by molar-refractivity contribution is -0.144. The number of methoxy groups -OCH3 is 2. The molecule has 0 unspecified atom stereocenters. The normalized spacial score (nSPS) is 12.8. The zero-order chi connectivity index (χ0) is 14.7. The maximum Gasteiger partial charge on any atom is 0.347 e. The van der Waals surface area contributed by atoms with Crippen molar-refractivity contribution in [3.05, 3.63) is 47.2 Å². The first kappa shape index (κ1) is 13.9. The predicted molar refractivity (Wildman–Crippen MR) is 74.2 cm³/mol. The molecule has 0 radical (unpaired) electrons. The topological polar surface area (TPSA) is 55.8 Å². The van der Waals surface area contributed by atoms with E-state index in [1.165, 1.54) is 14.2 Å². The molecule has 0 amide bonds. The molecule has 5 nitrogen and oxygen atoms in total. The highest BCUT2D eigenvalue weighted by Gasteiger charge is 2.29. The van der Waals surface area contributed by atoms with Crippen LogP contribution in [0.4, 0.5) is 0 Å². The summed E-state index contributed by atoms with van der Waals surface area (Å²) in [5.41, 5.74) is 2.06. The van der Waals surface area contributed by atoms with E-state index in [9.17, 15) is 9.59 Å². The number of esters is 2. The van der Waals surface area contributed by atoms with Gasteiger partial charge in [-0.25, -0.2) is 9.59 Å². The highest BCUT2D eigenvalue weighted by atomic mass is 16.5. The van der Waals surface area contributed by atoms with Crippen LogP contribution in [0.1, 0.15) is 11.1 Å². The molecular formula is C15H15NO4. The van der Waals surface area contributed by atoms with Crippen molar-refractivity contribution in [3.63, 3.8) is 0 Å². The maximum absolute atomic E-state index is 11.9. The summed E-state index contributed by atoms with van der Waals surface area (Å²) in [7, 11) is 4.22. The minimum absolute atomic E-state index is 0.116. The quantitative estimate of drug-likeness (QED) is 0.355. The molecule has 5 heteroatoms. The second kappa shape index (κ2) is 5.61. The van der Waals surface area contributed by atoms with Crippen LogP contribution in [0.15, 0.2) is 36.0 Å². The lowest BCUT2D eigenvalue weighted by atomic mass is 9.97. The van der Waals surface area contributed by atoms with Gasteiger partial charge in [0.05, 0.1) is 19.9 Å². The van der Waals surface area contributed by atoms with Crippen LogP contribution in [0, 0.1) is 0 Å². The Morgan fingerprint density at radius 2 is 1.65 bits per heavy atom. The Kier molecular flexibility index (Phi) is 3.89. The molecule has 0 spiro atoms. The highest BCUT2D eigenvalue weighted by molar-refractivity contribution is 6.20. The van der Waals surface area contributed by atoms with Crippen molar-refractivity contribution in [1.29, 1.82) is 0 Å². The summed E-state index contributed by atoms with van der Waals surface area (Å²) in [6, 6.07) is 7.49. The minimum Gasteiger partial charge on any atom is -0.465 e. The third kappa shape index (κ3) is 2.30. The van der Waals surface area contributed by atoms with Crippen molar-refractivity contribution in [2.24, 2.45) is 0 Å². The number of fused-ring (bicyclic) bond motifs is 1. The smallest absolute Gasteiger partial charge is 0.347 e. The van der Waals surface area contributed by atoms with Crippen LogP contribution >= 0.6 is 0 Å². The number of carbonyl (C=O) groups is 2. The first-order valence-corrected chi connectivity index (χ1v) is 6.01. The van der Waals surface area contributed by atoms with Crippen LogP contribution in [0.2, 0.25) is 0 Å². The van der Waals surface area contributed by atoms with Crippen molar-refractivity contribution in [2.75, 3.05) is 21.3 Å². The van der Waals surface area contributed by atoms with Crippen molar-refractivity contribution in [1.82, 2.24) is 4.90 Å². The molecule has 0 bridgehead atoms. The first-order chi connectivity index (χ1) is 9.60. The number of ether oxygens (including phenoxy) is 2. The van der Waals surface area contributed by atoms with E-state index in [0.717, 1.165) is 11.1 Å². The third-order valence-electron chi connectivity index (χ3n) is 3.06. The molecule has 1 aromatic carbocycles. The van der Waals surface area contributed by atoms with Crippen LogP contribution in [-0.2, 0) is 19.1 Å². The van der Waals surface area contributed by atoms with Gasteiger partial charge >= 0.3 is 11.9 Å². The average molecular weight is 273 g/mol. The summed E-state index contributed by atoms with van der Waals surface area (Å²) in [5, 5.41) is 0. The Balaban J connectivity index is 2.72. The summed E-state index contributed by atoms with van der Waals surface area (Å²) < 4.78 is 9.41. The van der Waals surface area contributed by atoms with E-state index in [2.05, 4.69) is 0 Å².